The van der Waals surface area contributed by atoms with Crippen LogP contribution in [-0.2, 0) is 20.8 Å². The lowest BCUT2D eigenvalue weighted by molar-refractivity contribution is -0.140. The van der Waals surface area contributed by atoms with Gasteiger partial charge in [0.15, 0.2) is 0 Å². The lowest BCUT2D eigenvalue weighted by Crippen LogP contribution is -2.36. The monoisotopic (exact) mass is 457 g/mol. The van der Waals surface area contributed by atoms with E-state index in [4.69, 9.17) is 5.11 Å². The Kier molecular flexibility index (Phi) is 18.5. The van der Waals surface area contributed by atoms with Crippen molar-refractivity contribution in [3.63, 3.8) is 0 Å². The Hall–Kier alpha value is -2.07. The molecule has 1 fully saturated rings. The number of aromatic amines is 1. The van der Waals surface area contributed by atoms with Crippen LogP contribution in [0.3, 0.4) is 0 Å². The average Bonchev–Trinajstić information content (AvgIpc) is 3.46. The zero-order valence-electron chi connectivity index (χ0n) is 19.1. The first kappa shape index (κ1) is 28.9. The highest BCUT2D eigenvalue weighted by atomic mass is 32.2. The smallest absolute Gasteiger partial charge is 0.326 e. The van der Waals surface area contributed by atoms with Crippen LogP contribution in [0.15, 0.2) is 12.5 Å². The van der Waals surface area contributed by atoms with Crippen LogP contribution in [0, 0.1) is 0 Å². The highest BCUT2D eigenvalue weighted by Crippen LogP contribution is 2.05. The minimum atomic E-state index is -0.980. The van der Waals surface area contributed by atoms with Crippen LogP contribution >= 0.6 is 11.8 Å². The number of nitrogens with zero attached hydrogens (tertiary/aromatic N) is 2. The number of carbonyl (C=O) groups is 3. The average molecular weight is 458 g/mol. The number of hydrogen-bond acceptors (Lipinski definition) is 6. The molecule has 31 heavy (non-hydrogen) atoms. The number of imidazole rings is 1. The van der Waals surface area contributed by atoms with Crippen LogP contribution in [0.5, 0.6) is 0 Å². The third-order valence-electron chi connectivity index (χ3n) is 4.53. The SMILES string of the molecule is CCCC.CSCC[C@H](NC=O)C(=O)O.O=C(Cc1cnc[nH]1)NCCN1CCCC1. The molecule has 0 unspecified atom stereocenters. The zero-order chi connectivity index (χ0) is 23.3. The summed E-state index contributed by atoms with van der Waals surface area (Å²) in [5, 5.41) is 13.6. The summed E-state index contributed by atoms with van der Waals surface area (Å²) in [4.78, 5) is 41.0. The van der Waals surface area contributed by atoms with E-state index in [1.807, 2.05) is 6.26 Å². The van der Waals surface area contributed by atoms with Crippen molar-refractivity contribution in [2.45, 2.75) is 58.4 Å². The summed E-state index contributed by atoms with van der Waals surface area (Å²) >= 11 is 1.55. The van der Waals surface area contributed by atoms with Crippen LogP contribution < -0.4 is 10.6 Å². The zero-order valence-corrected chi connectivity index (χ0v) is 19.9. The second-order valence-electron chi connectivity index (χ2n) is 7.11. The van der Waals surface area contributed by atoms with Gasteiger partial charge in [-0.25, -0.2) is 9.78 Å². The molecule has 0 spiro atoms. The maximum absolute atomic E-state index is 11.5. The number of thioether (sulfide) groups is 1. The number of carboxylic acid groups (broad SMARTS) is 1. The molecule has 1 aromatic heterocycles. The van der Waals surface area contributed by atoms with E-state index in [-0.39, 0.29) is 5.91 Å². The molecule has 0 aliphatic carbocycles. The van der Waals surface area contributed by atoms with Gasteiger partial charge in [-0.2, -0.15) is 11.8 Å². The van der Waals surface area contributed by atoms with E-state index in [2.05, 4.69) is 39.3 Å². The van der Waals surface area contributed by atoms with Crippen molar-refractivity contribution < 1.29 is 19.5 Å². The maximum Gasteiger partial charge on any atom is 0.326 e. The summed E-state index contributed by atoms with van der Waals surface area (Å²) in [5.74, 6) is -0.188. The number of carboxylic acids is 1. The summed E-state index contributed by atoms with van der Waals surface area (Å²) < 4.78 is 0. The Balaban J connectivity index is 0.000000523. The number of aromatic nitrogens is 2. The number of aliphatic carboxylic acids is 1. The van der Waals surface area contributed by atoms with Gasteiger partial charge in [0.05, 0.1) is 12.7 Å². The van der Waals surface area contributed by atoms with Crippen LogP contribution in [0.4, 0.5) is 0 Å². The molecule has 1 saturated heterocycles. The number of carbonyl (C=O) groups excluding carboxylic acids is 2. The second kappa shape index (κ2) is 19.9. The van der Waals surface area contributed by atoms with Crippen molar-refractivity contribution >= 4 is 30.0 Å². The standard InChI is InChI=1S/C11H18N4O.C6H11NO3S.C4H10/c16-11(7-10-8-12-9-14-10)13-3-6-15-4-1-2-5-15;1-11-3-2-5(6(9)10)7-4-8;1-3-4-2/h8-9H,1-7H2,(H,12,14)(H,13,16);4-5H,2-3H2,1H3,(H,7,8)(H,9,10);3-4H2,1-2H3/t;5-;/m.0./s1. The summed E-state index contributed by atoms with van der Waals surface area (Å²) in [6.07, 6.45) is 11.7. The fourth-order valence-electron chi connectivity index (χ4n) is 2.57. The van der Waals surface area contributed by atoms with Gasteiger partial charge in [0, 0.05) is 25.0 Å². The van der Waals surface area contributed by atoms with Gasteiger partial charge in [-0.15, -0.1) is 0 Å². The second-order valence-corrected chi connectivity index (χ2v) is 8.09. The van der Waals surface area contributed by atoms with Crippen LogP contribution in [0.2, 0.25) is 0 Å². The maximum atomic E-state index is 11.5. The summed E-state index contributed by atoms with van der Waals surface area (Å²) in [6, 6.07) is -0.736. The summed E-state index contributed by atoms with van der Waals surface area (Å²) in [5.41, 5.74) is 0.860. The van der Waals surface area contributed by atoms with Gasteiger partial charge in [0.1, 0.15) is 6.04 Å². The molecule has 2 heterocycles. The molecular formula is C21H39N5O4S. The molecule has 0 saturated carbocycles. The highest BCUT2D eigenvalue weighted by Gasteiger charge is 2.14. The Bertz CT molecular complexity index is 578. The molecule has 2 amide bonds. The van der Waals surface area contributed by atoms with E-state index in [0.717, 1.165) is 24.5 Å². The fourth-order valence-corrected chi connectivity index (χ4v) is 3.04. The van der Waals surface area contributed by atoms with Gasteiger partial charge in [-0.3, -0.25) is 9.59 Å². The van der Waals surface area contributed by atoms with E-state index in [9.17, 15) is 14.4 Å². The number of rotatable bonds is 12. The highest BCUT2D eigenvalue weighted by molar-refractivity contribution is 7.98. The third kappa shape index (κ3) is 16.3. The normalized spacial score (nSPS) is 13.8. The van der Waals surface area contributed by atoms with E-state index < -0.39 is 12.0 Å². The Labute approximate surface area is 190 Å². The quantitative estimate of drug-likeness (QED) is 0.353. The van der Waals surface area contributed by atoms with Crippen molar-refractivity contribution in [3.8, 4) is 0 Å². The number of likely N-dealkylation sites (tertiary alicyclic amines) is 1. The minimum absolute atomic E-state index is 0.0587. The molecule has 1 atom stereocenters. The first-order valence-corrected chi connectivity index (χ1v) is 12.2. The van der Waals surface area contributed by atoms with Gasteiger partial charge < -0.3 is 25.6 Å². The number of unbranched alkanes of at least 4 members (excludes halogenated alkanes) is 1. The van der Waals surface area contributed by atoms with Crippen LogP contribution in [0.25, 0.3) is 0 Å². The van der Waals surface area contributed by atoms with Gasteiger partial charge in [0.2, 0.25) is 12.3 Å². The fraction of sp³-hybridized carbons (Fsp3) is 0.714. The molecule has 1 aliphatic heterocycles. The molecular weight excluding hydrogens is 418 g/mol. The predicted molar refractivity (Wildman–Crippen MR) is 125 cm³/mol. The van der Waals surface area contributed by atoms with Crippen molar-refractivity contribution in [1.29, 1.82) is 0 Å². The first-order valence-electron chi connectivity index (χ1n) is 10.9. The van der Waals surface area contributed by atoms with Crippen molar-refractivity contribution in [1.82, 2.24) is 25.5 Å². The molecule has 2 rings (SSSR count). The number of nitrogens with one attached hydrogen (secondary N) is 3. The van der Waals surface area contributed by atoms with Crippen molar-refractivity contribution in [2.75, 3.05) is 38.2 Å². The topological polar surface area (TPSA) is 127 Å². The predicted octanol–water partition coefficient (Wildman–Crippen LogP) is 1.91. The molecule has 1 aromatic rings. The molecule has 4 N–H and O–H groups in total. The molecule has 0 aromatic carbocycles. The third-order valence-corrected chi connectivity index (χ3v) is 5.18. The van der Waals surface area contributed by atoms with E-state index in [1.165, 1.54) is 38.8 Å². The summed E-state index contributed by atoms with van der Waals surface area (Å²) in [6.45, 7) is 8.43. The van der Waals surface area contributed by atoms with Crippen molar-refractivity contribution in [3.05, 3.63) is 18.2 Å². The lowest BCUT2D eigenvalue weighted by atomic mass is 10.2. The van der Waals surface area contributed by atoms with Crippen LogP contribution in [0.1, 0.15) is 51.6 Å². The first-order chi connectivity index (χ1) is 15.0. The van der Waals surface area contributed by atoms with E-state index >= 15 is 0 Å². The van der Waals surface area contributed by atoms with E-state index in [0.29, 0.717) is 19.3 Å². The number of amides is 2. The Morgan fingerprint density at radius 3 is 2.48 bits per heavy atom. The number of hydrogen-bond donors (Lipinski definition) is 4. The minimum Gasteiger partial charge on any atom is -0.480 e. The van der Waals surface area contributed by atoms with Gasteiger partial charge in [-0.05, 0) is 44.4 Å². The Morgan fingerprint density at radius 2 is 2.00 bits per heavy atom. The number of H-pyrrole nitrogens is 1. The molecule has 1 aliphatic rings. The van der Waals surface area contributed by atoms with Gasteiger partial charge in [-0.1, -0.05) is 26.7 Å². The molecule has 10 heteroatoms. The molecule has 0 radical (unpaired) electrons. The Morgan fingerprint density at radius 1 is 1.32 bits per heavy atom. The van der Waals surface area contributed by atoms with E-state index in [1.54, 1.807) is 24.3 Å². The van der Waals surface area contributed by atoms with Gasteiger partial charge in [0.25, 0.3) is 0 Å². The van der Waals surface area contributed by atoms with Crippen LogP contribution in [-0.4, -0.2) is 82.5 Å². The lowest BCUT2D eigenvalue weighted by Gasteiger charge is -2.14. The van der Waals surface area contributed by atoms with Crippen molar-refractivity contribution in [2.24, 2.45) is 0 Å². The molecule has 9 nitrogen and oxygen atoms in total. The van der Waals surface area contributed by atoms with Gasteiger partial charge >= 0.3 is 5.97 Å². The molecule has 0 bridgehead atoms. The largest absolute Gasteiger partial charge is 0.480 e. The summed E-state index contributed by atoms with van der Waals surface area (Å²) in [7, 11) is 0. The molecule has 178 valence electrons.